The van der Waals surface area contributed by atoms with Gasteiger partial charge in [-0.3, -0.25) is 9.59 Å². The number of anilines is 2. The second kappa shape index (κ2) is 6.42. The Morgan fingerprint density at radius 3 is 2.33 bits per heavy atom. The quantitative estimate of drug-likeness (QED) is 0.721. The number of hydrogen-bond donors (Lipinski definition) is 3. The van der Waals surface area contributed by atoms with E-state index < -0.39 is 5.91 Å². The Morgan fingerprint density at radius 2 is 1.71 bits per heavy atom. The Morgan fingerprint density at radius 1 is 1.05 bits per heavy atom. The van der Waals surface area contributed by atoms with Crippen LogP contribution in [-0.2, 0) is 4.79 Å². The van der Waals surface area contributed by atoms with Gasteiger partial charge in [0.2, 0.25) is 0 Å². The lowest BCUT2D eigenvalue weighted by molar-refractivity contribution is -0.119. The van der Waals surface area contributed by atoms with Crippen LogP contribution in [0.15, 0.2) is 48.5 Å². The van der Waals surface area contributed by atoms with E-state index in [0.29, 0.717) is 22.7 Å². The van der Waals surface area contributed by atoms with Crippen molar-refractivity contribution in [2.45, 2.75) is 0 Å². The van der Waals surface area contributed by atoms with E-state index in [1.807, 2.05) is 0 Å². The summed E-state index contributed by atoms with van der Waals surface area (Å²) in [6.07, 6.45) is 0. The Hall–Kier alpha value is -3.02. The molecule has 0 bridgehead atoms. The third-order valence-electron chi connectivity index (χ3n) is 2.70. The van der Waals surface area contributed by atoms with Gasteiger partial charge < -0.3 is 21.5 Å². The molecule has 0 saturated heterocycles. The van der Waals surface area contributed by atoms with Gasteiger partial charge in [0.05, 0.1) is 5.56 Å². The maximum Gasteiger partial charge on any atom is 0.257 e. The molecule has 21 heavy (non-hydrogen) atoms. The van der Waals surface area contributed by atoms with Crippen molar-refractivity contribution in [1.29, 1.82) is 0 Å². The van der Waals surface area contributed by atoms with Crippen LogP contribution in [0.5, 0.6) is 5.75 Å². The molecule has 2 rings (SSSR count). The number of nitrogen functional groups attached to an aromatic ring is 1. The number of carbonyl (C=O) groups excluding carboxylic acids is 2. The molecular formula is C15H15N3O3. The lowest BCUT2D eigenvalue weighted by Crippen LogP contribution is -2.20. The molecule has 2 amide bonds. The van der Waals surface area contributed by atoms with Crippen LogP contribution in [0.2, 0.25) is 0 Å². The average Bonchev–Trinajstić information content (AvgIpc) is 2.47. The van der Waals surface area contributed by atoms with E-state index in [-0.39, 0.29) is 12.5 Å². The van der Waals surface area contributed by atoms with Crippen LogP contribution in [0.3, 0.4) is 0 Å². The number of amides is 2. The molecular weight excluding hydrogens is 270 g/mol. The predicted molar refractivity (Wildman–Crippen MR) is 79.9 cm³/mol. The SMILES string of the molecule is NC(=O)COc1ccc(NC(=O)c2ccccc2N)cc1. The highest BCUT2D eigenvalue weighted by molar-refractivity contribution is 6.07. The van der Waals surface area contributed by atoms with Crippen LogP contribution in [0.4, 0.5) is 11.4 Å². The van der Waals surface area contributed by atoms with Gasteiger partial charge in [-0.05, 0) is 36.4 Å². The van der Waals surface area contributed by atoms with Crippen LogP contribution in [0.1, 0.15) is 10.4 Å². The van der Waals surface area contributed by atoms with E-state index >= 15 is 0 Å². The van der Waals surface area contributed by atoms with Crippen molar-refractivity contribution in [3.63, 3.8) is 0 Å². The second-order valence-electron chi connectivity index (χ2n) is 4.32. The van der Waals surface area contributed by atoms with Gasteiger partial charge in [-0.15, -0.1) is 0 Å². The Kier molecular flexibility index (Phi) is 4.40. The molecule has 0 aromatic heterocycles. The molecule has 0 spiro atoms. The molecule has 0 aliphatic carbocycles. The van der Waals surface area contributed by atoms with Crippen molar-refractivity contribution in [3.05, 3.63) is 54.1 Å². The Labute approximate surface area is 121 Å². The number of para-hydroxylation sites is 1. The largest absolute Gasteiger partial charge is 0.484 e. The van der Waals surface area contributed by atoms with E-state index in [1.54, 1.807) is 48.5 Å². The van der Waals surface area contributed by atoms with E-state index in [9.17, 15) is 9.59 Å². The zero-order valence-electron chi connectivity index (χ0n) is 11.2. The third kappa shape index (κ3) is 3.97. The molecule has 0 fully saturated rings. The minimum absolute atomic E-state index is 0.188. The summed E-state index contributed by atoms with van der Waals surface area (Å²) in [5.41, 5.74) is 12.1. The van der Waals surface area contributed by atoms with Crippen molar-refractivity contribution >= 4 is 23.2 Å². The summed E-state index contributed by atoms with van der Waals surface area (Å²) in [6, 6.07) is 13.4. The molecule has 0 aliphatic rings. The van der Waals surface area contributed by atoms with Crippen molar-refractivity contribution < 1.29 is 14.3 Å². The number of nitrogens with two attached hydrogens (primary N) is 2. The number of rotatable bonds is 5. The molecule has 0 radical (unpaired) electrons. The van der Waals surface area contributed by atoms with E-state index in [1.165, 1.54) is 0 Å². The number of carbonyl (C=O) groups is 2. The lowest BCUT2D eigenvalue weighted by Gasteiger charge is -2.08. The first kappa shape index (κ1) is 14.4. The van der Waals surface area contributed by atoms with Gasteiger partial charge in [0.1, 0.15) is 5.75 Å². The van der Waals surface area contributed by atoms with Crippen LogP contribution in [0.25, 0.3) is 0 Å². The minimum Gasteiger partial charge on any atom is -0.484 e. The Bertz CT molecular complexity index is 653. The number of nitrogens with one attached hydrogen (secondary N) is 1. The molecule has 0 aliphatic heterocycles. The second-order valence-corrected chi connectivity index (χ2v) is 4.32. The summed E-state index contributed by atoms with van der Waals surface area (Å²) in [5, 5.41) is 2.73. The highest BCUT2D eigenvalue weighted by atomic mass is 16.5. The first-order chi connectivity index (χ1) is 10.1. The minimum atomic E-state index is -0.549. The van der Waals surface area contributed by atoms with E-state index in [0.717, 1.165) is 0 Å². The molecule has 0 saturated carbocycles. The molecule has 6 nitrogen and oxygen atoms in total. The van der Waals surface area contributed by atoms with Gasteiger partial charge in [0.15, 0.2) is 6.61 Å². The van der Waals surface area contributed by atoms with Crippen molar-refractivity contribution in [2.75, 3.05) is 17.7 Å². The van der Waals surface area contributed by atoms with Crippen molar-refractivity contribution in [2.24, 2.45) is 5.73 Å². The molecule has 0 heterocycles. The highest BCUT2D eigenvalue weighted by Gasteiger charge is 2.09. The van der Waals surface area contributed by atoms with Gasteiger partial charge in [0.25, 0.3) is 11.8 Å². The van der Waals surface area contributed by atoms with Gasteiger partial charge in [0, 0.05) is 11.4 Å². The summed E-state index contributed by atoms with van der Waals surface area (Å²) < 4.78 is 5.12. The Balaban J connectivity index is 2.02. The molecule has 2 aromatic rings. The maximum absolute atomic E-state index is 12.1. The van der Waals surface area contributed by atoms with E-state index in [4.69, 9.17) is 16.2 Å². The fourth-order valence-corrected chi connectivity index (χ4v) is 1.69. The average molecular weight is 285 g/mol. The molecule has 0 atom stereocenters. The fourth-order valence-electron chi connectivity index (χ4n) is 1.69. The smallest absolute Gasteiger partial charge is 0.257 e. The molecule has 2 aromatic carbocycles. The van der Waals surface area contributed by atoms with Gasteiger partial charge in [-0.25, -0.2) is 0 Å². The molecule has 5 N–H and O–H groups in total. The summed E-state index contributed by atoms with van der Waals surface area (Å²) >= 11 is 0. The normalized spacial score (nSPS) is 9.90. The van der Waals surface area contributed by atoms with Gasteiger partial charge >= 0.3 is 0 Å². The summed E-state index contributed by atoms with van der Waals surface area (Å²) in [4.78, 5) is 22.7. The zero-order valence-corrected chi connectivity index (χ0v) is 11.2. The van der Waals surface area contributed by atoms with Crippen molar-refractivity contribution in [3.8, 4) is 5.75 Å². The number of hydrogen-bond acceptors (Lipinski definition) is 4. The van der Waals surface area contributed by atoms with Crippen LogP contribution in [-0.4, -0.2) is 18.4 Å². The first-order valence-electron chi connectivity index (χ1n) is 6.23. The number of primary amides is 1. The first-order valence-corrected chi connectivity index (χ1v) is 6.23. The highest BCUT2D eigenvalue weighted by Crippen LogP contribution is 2.18. The van der Waals surface area contributed by atoms with Crippen LogP contribution >= 0.6 is 0 Å². The zero-order chi connectivity index (χ0) is 15.2. The summed E-state index contributed by atoms with van der Waals surface area (Å²) in [7, 11) is 0. The van der Waals surface area contributed by atoms with E-state index in [2.05, 4.69) is 5.32 Å². The maximum atomic E-state index is 12.1. The third-order valence-corrected chi connectivity index (χ3v) is 2.70. The lowest BCUT2D eigenvalue weighted by atomic mass is 10.1. The molecule has 0 unspecified atom stereocenters. The number of benzene rings is 2. The molecule has 6 heteroatoms. The van der Waals surface area contributed by atoms with Gasteiger partial charge in [-0.1, -0.05) is 12.1 Å². The summed E-state index contributed by atoms with van der Waals surface area (Å²) in [5.74, 6) is -0.350. The number of ether oxygens (including phenoxy) is 1. The monoisotopic (exact) mass is 285 g/mol. The van der Waals surface area contributed by atoms with Crippen LogP contribution in [0, 0.1) is 0 Å². The van der Waals surface area contributed by atoms with Gasteiger partial charge in [-0.2, -0.15) is 0 Å². The summed E-state index contributed by atoms with van der Waals surface area (Å²) in [6.45, 7) is -0.188. The topological polar surface area (TPSA) is 107 Å². The standard InChI is InChI=1S/C15H15N3O3/c16-13-4-2-1-3-12(13)15(20)18-10-5-7-11(8-6-10)21-9-14(17)19/h1-8H,9,16H2,(H2,17,19)(H,18,20). The van der Waals surface area contributed by atoms with Crippen molar-refractivity contribution in [1.82, 2.24) is 0 Å². The van der Waals surface area contributed by atoms with Crippen LogP contribution < -0.4 is 21.5 Å². The fraction of sp³-hybridized carbons (Fsp3) is 0.0667. The predicted octanol–water partition coefficient (Wildman–Crippen LogP) is 1.39. The molecule has 108 valence electrons.